The number of hydrogen-bond acceptors (Lipinski definition) is 5. The van der Waals surface area contributed by atoms with Crippen LogP contribution in [0, 0.1) is 23.0 Å². The summed E-state index contributed by atoms with van der Waals surface area (Å²) in [5, 5.41) is 18.1. The van der Waals surface area contributed by atoms with E-state index in [1.807, 2.05) is 6.07 Å². The number of nitriles is 1. The first-order valence-corrected chi connectivity index (χ1v) is 8.62. The summed E-state index contributed by atoms with van der Waals surface area (Å²) in [5.74, 6) is -1.53. The number of aromatic nitrogens is 2. The molecule has 1 aliphatic rings. The van der Waals surface area contributed by atoms with Crippen molar-refractivity contribution in [1.82, 2.24) is 14.9 Å². The summed E-state index contributed by atoms with van der Waals surface area (Å²) in [6.45, 7) is 0.490. The molecule has 0 saturated carbocycles. The van der Waals surface area contributed by atoms with E-state index in [0.29, 0.717) is 0 Å². The summed E-state index contributed by atoms with van der Waals surface area (Å²) in [7, 11) is 0. The van der Waals surface area contributed by atoms with Gasteiger partial charge in [0.2, 0.25) is 5.28 Å². The van der Waals surface area contributed by atoms with Crippen LogP contribution in [0.2, 0.25) is 5.28 Å². The second-order valence-corrected chi connectivity index (χ2v) is 6.77. The standard InChI is InChI=1S/C15H11BrClF2N5O2/c16-10-9(18)5-8-12(11(10)19)21-14(17)22-13(8)23-3-4-24(15(25)26)7(6-23)1-2-20/h5,7H,1,3-4,6H2,(H,25,26). The molecule has 1 fully saturated rings. The van der Waals surface area contributed by atoms with Gasteiger partial charge in [-0.2, -0.15) is 10.2 Å². The van der Waals surface area contributed by atoms with Crippen molar-refractivity contribution in [2.45, 2.75) is 12.5 Å². The third-order valence-electron chi connectivity index (χ3n) is 4.13. The average molecular weight is 447 g/mol. The lowest BCUT2D eigenvalue weighted by molar-refractivity contribution is 0.119. The molecular formula is C15H11BrClF2N5O2. The molecule has 1 aliphatic heterocycles. The van der Waals surface area contributed by atoms with Crippen LogP contribution >= 0.6 is 27.5 Å². The first-order valence-electron chi connectivity index (χ1n) is 7.45. The fourth-order valence-electron chi connectivity index (χ4n) is 2.95. The van der Waals surface area contributed by atoms with E-state index in [4.69, 9.17) is 16.9 Å². The molecule has 1 N–H and O–H groups in total. The molecular weight excluding hydrogens is 436 g/mol. The molecule has 11 heteroatoms. The van der Waals surface area contributed by atoms with Gasteiger partial charge in [-0.25, -0.2) is 18.6 Å². The fourth-order valence-corrected chi connectivity index (χ4v) is 3.42. The Morgan fingerprint density at radius 1 is 1.46 bits per heavy atom. The monoisotopic (exact) mass is 445 g/mol. The molecule has 2 heterocycles. The predicted octanol–water partition coefficient (Wildman–Crippen LogP) is 3.41. The van der Waals surface area contributed by atoms with Crippen molar-refractivity contribution in [2.24, 2.45) is 0 Å². The van der Waals surface area contributed by atoms with Crippen LogP contribution in [0.1, 0.15) is 6.42 Å². The molecule has 1 aromatic carbocycles. The smallest absolute Gasteiger partial charge is 0.407 e. The molecule has 136 valence electrons. The number of amides is 1. The lowest BCUT2D eigenvalue weighted by Crippen LogP contribution is -2.55. The minimum atomic E-state index is -1.13. The van der Waals surface area contributed by atoms with Crippen LogP contribution in [0.5, 0.6) is 0 Å². The van der Waals surface area contributed by atoms with Crippen LogP contribution in [-0.4, -0.2) is 51.7 Å². The number of rotatable bonds is 2. The largest absolute Gasteiger partial charge is 0.465 e. The Morgan fingerprint density at radius 2 is 2.19 bits per heavy atom. The van der Waals surface area contributed by atoms with Crippen molar-refractivity contribution in [2.75, 3.05) is 24.5 Å². The molecule has 26 heavy (non-hydrogen) atoms. The molecule has 3 rings (SSSR count). The molecule has 7 nitrogen and oxygen atoms in total. The van der Waals surface area contributed by atoms with Crippen molar-refractivity contribution in [3.63, 3.8) is 0 Å². The lowest BCUT2D eigenvalue weighted by Gasteiger charge is -2.39. The predicted molar refractivity (Wildman–Crippen MR) is 93.1 cm³/mol. The van der Waals surface area contributed by atoms with Gasteiger partial charge >= 0.3 is 6.09 Å². The second-order valence-electron chi connectivity index (χ2n) is 5.64. The minimum absolute atomic E-state index is 0.0200. The summed E-state index contributed by atoms with van der Waals surface area (Å²) in [5.41, 5.74) is -0.147. The zero-order valence-electron chi connectivity index (χ0n) is 13.1. The minimum Gasteiger partial charge on any atom is -0.465 e. The Labute approximate surface area is 159 Å². The number of halogens is 4. The molecule has 1 amide bonds. The number of fused-ring (bicyclic) bond motifs is 1. The van der Waals surface area contributed by atoms with Gasteiger partial charge in [0.15, 0.2) is 5.82 Å². The number of piperazine rings is 1. The highest BCUT2D eigenvalue weighted by molar-refractivity contribution is 9.10. The Hall–Kier alpha value is -2.25. The number of carbonyl (C=O) groups is 1. The van der Waals surface area contributed by atoms with E-state index < -0.39 is 23.8 Å². The molecule has 1 saturated heterocycles. The fraction of sp³-hybridized carbons (Fsp3) is 0.333. The Kier molecular flexibility index (Phi) is 5.11. The van der Waals surface area contributed by atoms with Crippen LogP contribution in [0.15, 0.2) is 10.5 Å². The van der Waals surface area contributed by atoms with E-state index in [2.05, 4.69) is 25.9 Å². The van der Waals surface area contributed by atoms with Crippen LogP contribution in [0.25, 0.3) is 10.9 Å². The molecule has 0 spiro atoms. The van der Waals surface area contributed by atoms with Crippen molar-refractivity contribution < 1.29 is 18.7 Å². The van der Waals surface area contributed by atoms with Gasteiger partial charge < -0.3 is 14.9 Å². The average Bonchev–Trinajstić information content (AvgIpc) is 2.60. The first-order chi connectivity index (χ1) is 12.3. The molecule has 2 aromatic rings. The van der Waals surface area contributed by atoms with Gasteiger partial charge in [0.05, 0.1) is 23.0 Å². The Morgan fingerprint density at radius 3 is 2.85 bits per heavy atom. The molecule has 1 atom stereocenters. The highest BCUT2D eigenvalue weighted by Gasteiger charge is 2.32. The van der Waals surface area contributed by atoms with Gasteiger partial charge in [-0.3, -0.25) is 0 Å². The van der Waals surface area contributed by atoms with E-state index in [1.165, 1.54) is 4.90 Å². The first kappa shape index (κ1) is 18.5. The quantitative estimate of drug-likeness (QED) is 0.561. The summed E-state index contributed by atoms with van der Waals surface area (Å²) in [6, 6.07) is 2.45. The van der Waals surface area contributed by atoms with Crippen LogP contribution in [-0.2, 0) is 0 Å². The molecule has 1 unspecified atom stereocenters. The molecule has 1 aromatic heterocycles. The lowest BCUT2D eigenvalue weighted by atomic mass is 10.1. The maximum Gasteiger partial charge on any atom is 0.407 e. The zero-order chi connectivity index (χ0) is 19.0. The highest BCUT2D eigenvalue weighted by atomic mass is 79.9. The third kappa shape index (κ3) is 3.24. The van der Waals surface area contributed by atoms with E-state index in [-0.39, 0.29) is 52.5 Å². The maximum atomic E-state index is 14.4. The summed E-state index contributed by atoms with van der Waals surface area (Å²) in [6.07, 6.45) is -1.15. The number of carboxylic acid groups (broad SMARTS) is 1. The molecule has 0 radical (unpaired) electrons. The van der Waals surface area contributed by atoms with Crippen molar-refractivity contribution in [1.29, 1.82) is 5.26 Å². The van der Waals surface area contributed by atoms with Crippen molar-refractivity contribution >= 4 is 50.3 Å². The SMILES string of the molecule is N#CCC1CN(c2nc(Cl)nc3c(F)c(Br)c(F)cc23)CCN1C(=O)O. The number of anilines is 1. The highest BCUT2D eigenvalue weighted by Crippen LogP contribution is 2.33. The second kappa shape index (κ2) is 7.17. The number of hydrogen-bond donors (Lipinski definition) is 1. The Bertz CT molecular complexity index is 939. The molecule has 0 bridgehead atoms. The normalized spacial score (nSPS) is 17.4. The van der Waals surface area contributed by atoms with Gasteiger partial charge in [0, 0.05) is 25.0 Å². The third-order valence-corrected chi connectivity index (χ3v) is 5.03. The van der Waals surface area contributed by atoms with Crippen LogP contribution in [0.3, 0.4) is 0 Å². The van der Waals surface area contributed by atoms with Gasteiger partial charge in [-0.05, 0) is 33.6 Å². The number of benzene rings is 1. The van der Waals surface area contributed by atoms with Crippen molar-refractivity contribution in [3.8, 4) is 6.07 Å². The summed E-state index contributed by atoms with van der Waals surface area (Å²) >= 11 is 8.73. The van der Waals surface area contributed by atoms with Gasteiger partial charge in [-0.15, -0.1) is 0 Å². The van der Waals surface area contributed by atoms with Gasteiger partial charge in [0.1, 0.15) is 17.2 Å². The van der Waals surface area contributed by atoms with E-state index in [9.17, 15) is 18.7 Å². The summed E-state index contributed by atoms with van der Waals surface area (Å²) < 4.78 is 28.0. The Balaban J connectivity index is 2.08. The zero-order valence-corrected chi connectivity index (χ0v) is 15.4. The number of nitrogens with zero attached hydrogens (tertiary/aromatic N) is 5. The van der Waals surface area contributed by atoms with Crippen LogP contribution in [0.4, 0.5) is 19.4 Å². The van der Waals surface area contributed by atoms with Crippen LogP contribution < -0.4 is 4.90 Å². The van der Waals surface area contributed by atoms with E-state index >= 15 is 0 Å². The molecule has 0 aliphatic carbocycles. The van der Waals surface area contributed by atoms with Gasteiger partial charge in [-0.1, -0.05) is 0 Å². The maximum absolute atomic E-state index is 14.4. The topological polar surface area (TPSA) is 93.4 Å². The van der Waals surface area contributed by atoms with Gasteiger partial charge in [0.25, 0.3) is 0 Å². The summed E-state index contributed by atoms with van der Waals surface area (Å²) in [4.78, 5) is 22.1. The van der Waals surface area contributed by atoms with E-state index in [0.717, 1.165) is 6.07 Å². The van der Waals surface area contributed by atoms with E-state index in [1.54, 1.807) is 4.90 Å². The van der Waals surface area contributed by atoms with Crippen molar-refractivity contribution in [3.05, 3.63) is 27.5 Å².